The van der Waals surface area contributed by atoms with Crippen LogP contribution in [0.3, 0.4) is 0 Å². The summed E-state index contributed by atoms with van der Waals surface area (Å²) in [6, 6.07) is 3.90. The van der Waals surface area contributed by atoms with Gasteiger partial charge in [0.1, 0.15) is 13.2 Å². The zero-order chi connectivity index (χ0) is 14.5. The molecule has 110 valence electrons. The summed E-state index contributed by atoms with van der Waals surface area (Å²) in [5.41, 5.74) is 2.31. The van der Waals surface area contributed by atoms with Gasteiger partial charge < -0.3 is 14.8 Å². The van der Waals surface area contributed by atoms with Crippen molar-refractivity contribution in [1.82, 2.24) is 5.32 Å². The van der Waals surface area contributed by atoms with Crippen LogP contribution in [0.25, 0.3) is 6.08 Å². The van der Waals surface area contributed by atoms with E-state index in [0.29, 0.717) is 29.9 Å². The molecule has 1 aliphatic heterocycles. The maximum atomic E-state index is 6.23. The predicted molar refractivity (Wildman–Crippen MR) is 83.8 cm³/mol. The smallest absolute Gasteiger partial charge is 0.179 e. The molecule has 1 aliphatic rings. The Morgan fingerprint density at radius 2 is 2.10 bits per heavy atom. The molecule has 0 amide bonds. The SMILES string of the molecule is CC(=Cc1cc(Cl)c2c(c1)OCCO2)CNCC(C)C. The van der Waals surface area contributed by atoms with Gasteiger partial charge in [0.15, 0.2) is 11.5 Å². The Balaban J connectivity index is 2.07. The average Bonchev–Trinajstić information content (AvgIpc) is 2.38. The van der Waals surface area contributed by atoms with E-state index in [1.54, 1.807) is 0 Å². The third kappa shape index (κ3) is 4.15. The zero-order valence-corrected chi connectivity index (χ0v) is 13.1. The summed E-state index contributed by atoms with van der Waals surface area (Å²) in [7, 11) is 0. The molecule has 0 radical (unpaired) electrons. The van der Waals surface area contributed by atoms with Crippen LogP contribution in [0.2, 0.25) is 5.02 Å². The predicted octanol–water partition coefficient (Wildman–Crippen LogP) is 3.76. The number of fused-ring (bicyclic) bond motifs is 1. The van der Waals surface area contributed by atoms with Crippen LogP contribution in [-0.4, -0.2) is 26.3 Å². The van der Waals surface area contributed by atoms with Gasteiger partial charge in [-0.05, 0) is 37.1 Å². The third-order valence-electron chi connectivity index (χ3n) is 2.99. The summed E-state index contributed by atoms with van der Waals surface area (Å²) in [4.78, 5) is 0. The van der Waals surface area contributed by atoms with Crippen molar-refractivity contribution in [2.45, 2.75) is 20.8 Å². The Morgan fingerprint density at radius 3 is 2.85 bits per heavy atom. The molecule has 0 aliphatic carbocycles. The number of hydrogen-bond donors (Lipinski definition) is 1. The lowest BCUT2D eigenvalue weighted by atomic mass is 10.1. The standard InChI is InChI=1S/C16H22ClNO2/c1-11(2)9-18-10-12(3)6-13-7-14(17)16-15(8-13)19-4-5-20-16/h6-8,11,18H,4-5,9-10H2,1-3H3. The second kappa shape index (κ2) is 7.00. The van der Waals surface area contributed by atoms with Gasteiger partial charge in [-0.25, -0.2) is 0 Å². The minimum atomic E-state index is 0.556. The summed E-state index contributed by atoms with van der Waals surface area (Å²) in [6.45, 7) is 9.54. The lowest BCUT2D eigenvalue weighted by Crippen LogP contribution is -2.21. The number of rotatable bonds is 5. The minimum Gasteiger partial charge on any atom is -0.486 e. The fourth-order valence-electron chi connectivity index (χ4n) is 2.11. The van der Waals surface area contributed by atoms with Crippen molar-refractivity contribution in [3.05, 3.63) is 28.3 Å². The Morgan fingerprint density at radius 1 is 1.35 bits per heavy atom. The van der Waals surface area contributed by atoms with Gasteiger partial charge in [0, 0.05) is 6.54 Å². The molecule has 0 saturated carbocycles. The molecule has 2 rings (SSSR count). The molecule has 0 fully saturated rings. The van der Waals surface area contributed by atoms with Gasteiger partial charge in [-0.2, -0.15) is 0 Å². The molecule has 0 atom stereocenters. The topological polar surface area (TPSA) is 30.5 Å². The Kier molecular flexibility index (Phi) is 5.32. The van der Waals surface area contributed by atoms with Crippen LogP contribution < -0.4 is 14.8 Å². The normalized spacial score (nSPS) is 14.8. The van der Waals surface area contributed by atoms with E-state index in [4.69, 9.17) is 21.1 Å². The summed E-state index contributed by atoms with van der Waals surface area (Å²) in [6.07, 6.45) is 2.12. The van der Waals surface area contributed by atoms with E-state index in [0.717, 1.165) is 24.4 Å². The Labute approximate surface area is 125 Å². The number of ether oxygens (including phenoxy) is 2. The Hall–Kier alpha value is -1.19. The molecule has 1 heterocycles. The van der Waals surface area contributed by atoms with E-state index < -0.39 is 0 Å². The highest BCUT2D eigenvalue weighted by Crippen LogP contribution is 2.38. The van der Waals surface area contributed by atoms with E-state index in [2.05, 4.69) is 32.2 Å². The largest absolute Gasteiger partial charge is 0.486 e. The highest BCUT2D eigenvalue weighted by Gasteiger charge is 2.15. The second-order valence-corrected chi connectivity index (χ2v) is 5.95. The van der Waals surface area contributed by atoms with Gasteiger partial charge in [0.05, 0.1) is 5.02 Å². The summed E-state index contributed by atoms with van der Waals surface area (Å²) >= 11 is 6.23. The molecular weight excluding hydrogens is 274 g/mol. The fraction of sp³-hybridized carbons (Fsp3) is 0.500. The quantitative estimate of drug-likeness (QED) is 0.897. The molecular formula is C16H22ClNO2. The van der Waals surface area contributed by atoms with E-state index in [9.17, 15) is 0 Å². The van der Waals surface area contributed by atoms with Crippen molar-refractivity contribution >= 4 is 17.7 Å². The number of hydrogen-bond acceptors (Lipinski definition) is 3. The highest BCUT2D eigenvalue weighted by molar-refractivity contribution is 6.32. The van der Waals surface area contributed by atoms with Gasteiger partial charge in [0.25, 0.3) is 0 Å². The summed E-state index contributed by atoms with van der Waals surface area (Å²) in [5, 5.41) is 4.03. The minimum absolute atomic E-state index is 0.556. The highest BCUT2D eigenvalue weighted by atomic mass is 35.5. The van der Waals surface area contributed by atoms with Crippen molar-refractivity contribution in [1.29, 1.82) is 0 Å². The number of halogens is 1. The molecule has 1 aromatic rings. The first-order valence-corrected chi connectivity index (χ1v) is 7.41. The molecule has 1 aromatic carbocycles. The van der Waals surface area contributed by atoms with Crippen molar-refractivity contribution in [3.8, 4) is 11.5 Å². The van der Waals surface area contributed by atoms with Gasteiger partial charge in [-0.1, -0.05) is 37.1 Å². The maximum absolute atomic E-state index is 6.23. The second-order valence-electron chi connectivity index (χ2n) is 5.54. The van der Waals surface area contributed by atoms with Crippen molar-refractivity contribution in [3.63, 3.8) is 0 Å². The first-order chi connectivity index (χ1) is 9.56. The van der Waals surface area contributed by atoms with E-state index in [-0.39, 0.29) is 0 Å². The van der Waals surface area contributed by atoms with E-state index >= 15 is 0 Å². The summed E-state index contributed by atoms with van der Waals surface area (Å²) < 4.78 is 11.1. The molecule has 1 N–H and O–H groups in total. The van der Waals surface area contributed by atoms with Crippen molar-refractivity contribution in [2.24, 2.45) is 5.92 Å². The molecule has 4 heteroatoms. The fourth-order valence-corrected chi connectivity index (χ4v) is 2.38. The Bertz CT molecular complexity index is 497. The van der Waals surface area contributed by atoms with Crippen LogP contribution in [0, 0.1) is 5.92 Å². The van der Waals surface area contributed by atoms with Crippen LogP contribution in [0.4, 0.5) is 0 Å². The van der Waals surface area contributed by atoms with E-state index in [1.807, 2.05) is 12.1 Å². The van der Waals surface area contributed by atoms with Crippen molar-refractivity contribution in [2.75, 3.05) is 26.3 Å². The monoisotopic (exact) mass is 295 g/mol. The van der Waals surface area contributed by atoms with Gasteiger partial charge >= 0.3 is 0 Å². The molecule has 20 heavy (non-hydrogen) atoms. The molecule has 3 nitrogen and oxygen atoms in total. The van der Waals surface area contributed by atoms with Gasteiger partial charge in [-0.3, -0.25) is 0 Å². The third-order valence-corrected chi connectivity index (χ3v) is 3.27. The first-order valence-electron chi connectivity index (χ1n) is 7.03. The molecule has 0 bridgehead atoms. The van der Waals surface area contributed by atoms with Crippen molar-refractivity contribution < 1.29 is 9.47 Å². The van der Waals surface area contributed by atoms with Crippen LogP contribution in [-0.2, 0) is 0 Å². The van der Waals surface area contributed by atoms with Crippen LogP contribution in [0.15, 0.2) is 17.7 Å². The lowest BCUT2D eigenvalue weighted by molar-refractivity contribution is 0.171. The lowest BCUT2D eigenvalue weighted by Gasteiger charge is -2.20. The van der Waals surface area contributed by atoms with Crippen LogP contribution in [0.1, 0.15) is 26.3 Å². The van der Waals surface area contributed by atoms with Crippen LogP contribution in [0.5, 0.6) is 11.5 Å². The number of benzene rings is 1. The maximum Gasteiger partial charge on any atom is 0.179 e. The zero-order valence-electron chi connectivity index (χ0n) is 12.3. The average molecular weight is 296 g/mol. The van der Waals surface area contributed by atoms with Crippen LogP contribution >= 0.6 is 11.6 Å². The first kappa shape index (κ1) is 15.2. The van der Waals surface area contributed by atoms with E-state index in [1.165, 1.54) is 5.57 Å². The molecule has 0 saturated heterocycles. The summed E-state index contributed by atoms with van der Waals surface area (Å²) in [5.74, 6) is 2.05. The molecule has 0 spiro atoms. The molecule has 0 unspecified atom stereocenters. The molecule has 0 aromatic heterocycles. The number of nitrogens with one attached hydrogen (secondary N) is 1. The van der Waals surface area contributed by atoms with Gasteiger partial charge in [0.2, 0.25) is 0 Å². The van der Waals surface area contributed by atoms with Gasteiger partial charge in [-0.15, -0.1) is 0 Å².